The molecule has 8 heteroatoms. The molecule has 1 aromatic carbocycles. The van der Waals surface area contributed by atoms with E-state index in [-0.39, 0.29) is 15.8 Å². The molecule has 1 amide bonds. The number of aromatic amines is 1. The van der Waals surface area contributed by atoms with Crippen LogP contribution in [0.25, 0.3) is 23.0 Å². The molecule has 1 N–H and O–H groups in total. The van der Waals surface area contributed by atoms with Gasteiger partial charge in [0.25, 0.3) is 11.5 Å². The number of aromatic nitrogens is 1. The van der Waals surface area contributed by atoms with Crippen molar-refractivity contribution < 1.29 is 13.9 Å². The molecule has 3 heterocycles. The third-order valence-electron chi connectivity index (χ3n) is 4.47. The molecule has 0 bridgehead atoms. The van der Waals surface area contributed by atoms with Gasteiger partial charge in [-0.15, -0.1) is 11.3 Å². The predicted octanol–water partition coefficient (Wildman–Crippen LogP) is 1.06. The highest BCUT2D eigenvalue weighted by molar-refractivity contribution is 7.07. The number of thiazole rings is 1. The molecule has 0 saturated carbocycles. The van der Waals surface area contributed by atoms with Gasteiger partial charge in [0, 0.05) is 24.7 Å². The molecule has 0 aliphatic carbocycles. The summed E-state index contributed by atoms with van der Waals surface area (Å²) in [4.78, 5) is 29.2. The predicted molar refractivity (Wildman–Crippen MR) is 108 cm³/mol. The van der Waals surface area contributed by atoms with Crippen molar-refractivity contribution in [3.8, 4) is 17.4 Å². The lowest BCUT2D eigenvalue weighted by molar-refractivity contribution is -0.128. The van der Waals surface area contributed by atoms with Crippen LogP contribution >= 0.6 is 11.3 Å². The summed E-state index contributed by atoms with van der Waals surface area (Å²) in [5.74, 6) is 0.807. The molecule has 1 aliphatic heterocycles. The SMILES string of the molecule is N#CC(C(=O)N1CCOCC1)=c1[nH]c(=O)c(=Cc2ccc(-c3ccccc3)o2)s1. The fourth-order valence-corrected chi connectivity index (χ4v) is 3.91. The van der Waals surface area contributed by atoms with E-state index in [1.165, 1.54) is 0 Å². The Kier molecular flexibility index (Phi) is 5.42. The maximum Gasteiger partial charge on any atom is 0.267 e. The molecule has 3 aromatic rings. The number of nitriles is 1. The zero-order valence-corrected chi connectivity index (χ0v) is 16.2. The Hall–Kier alpha value is -3.41. The molecule has 1 aliphatic rings. The lowest BCUT2D eigenvalue weighted by Crippen LogP contribution is -2.42. The van der Waals surface area contributed by atoms with Crippen molar-refractivity contribution in [2.45, 2.75) is 0 Å². The second kappa shape index (κ2) is 8.31. The summed E-state index contributed by atoms with van der Waals surface area (Å²) in [6, 6.07) is 15.2. The first-order chi connectivity index (χ1) is 14.2. The molecule has 4 rings (SSSR count). The van der Waals surface area contributed by atoms with E-state index in [9.17, 15) is 14.9 Å². The number of nitrogens with zero attached hydrogens (tertiary/aromatic N) is 2. The van der Waals surface area contributed by atoms with Crippen LogP contribution < -0.4 is 14.8 Å². The molecule has 0 unspecified atom stereocenters. The largest absolute Gasteiger partial charge is 0.457 e. The Morgan fingerprint density at radius 2 is 1.93 bits per heavy atom. The summed E-state index contributed by atoms with van der Waals surface area (Å²) in [5.41, 5.74) is 0.493. The second-order valence-corrected chi connectivity index (χ2v) is 7.41. The summed E-state index contributed by atoms with van der Waals surface area (Å²) < 4.78 is 11.6. The monoisotopic (exact) mass is 407 g/mol. The van der Waals surface area contributed by atoms with Gasteiger partial charge >= 0.3 is 0 Å². The Labute approximate surface area is 169 Å². The zero-order chi connectivity index (χ0) is 20.2. The van der Waals surface area contributed by atoms with Crippen molar-refractivity contribution in [2.24, 2.45) is 0 Å². The highest BCUT2D eigenvalue weighted by Gasteiger charge is 2.22. The number of benzene rings is 1. The van der Waals surface area contributed by atoms with Crippen molar-refractivity contribution in [2.75, 3.05) is 26.3 Å². The number of carbonyl (C=O) groups is 1. The van der Waals surface area contributed by atoms with Crippen LogP contribution in [0.3, 0.4) is 0 Å². The smallest absolute Gasteiger partial charge is 0.267 e. The van der Waals surface area contributed by atoms with E-state index in [1.54, 1.807) is 17.0 Å². The molecular weight excluding hydrogens is 390 g/mol. The van der Waals surface area contributed by atoms with E-state index in [1.807, 2.05) is 42.5 Å². The third-order valence-corrected chi connectivity index (χ3v) is 5.51. The number of morpholine rings is 1. The maximum atomic E-state index is 12.6. The van der Waals surface area contributed by atoms with Crippen LogP contribution in [-0.4, -0.2) is 42.1 Å². The number of rotatable bonds is 3. The summed E-state index contributed by atoms with van der Waals surface area (Å²) in [5, 5.41) is 9.49. The highest BCUT2D eigenvalue weighted by Crippen LogP contribution is 2.21. The highest BCUT2D eigenvalue weighted by atomic mass is 32.1. The minimum atomic E-state index is -0.399. The lowest BCUT2D eigenvalue weighted by Gasteiger charge is -2.26. The minimum absolute atomic E-state index is 0.0712. The first-order valence-electron chi connectivity index (χ1n) is 9.03. The van der Waals surface area contributed by atoms with E-state index < -0.39 is 5.91 Å². The van der Waals surface area contributed by atoms with Gasteiger partial charge in [-0.1, -0.05) is 30.3 Å². The Bertz CT molecular complexity index is 1240. The molecule has 146 valence electrons. The van der Waals surface area contributed by atoms with E-state index in [2.05, 4.69) is 4.98 Å². The number of nitrogens with one attached hydrogen (secondary N) is 1. The van der Waals surface area contributed by atoms with Gasteiger partial charge in [0.05, 0.1) is 17.7 Å². The van der Waals surface area contributed by atoms with Crippen LogP contribution in [0.2, 0.25) is 0 Å². The number of furan rings is 1. The van der Waals surface area contributed by atoms with Gasteiger partial charge in [-0.2, -0.15) is 5.26 Å². The molecule has 7 nitrogen and oxygen atoms in total. The first-order valence-corrected chi connectivity index (χ1v) is 9.85. The molecule has 0 spiro atoms. The Balaban J connectivity index is 1.69. The first kappa shape index (κ1) is 18.9. The van der Waals surface area contributed by atoms with Crippen LogP contribution in [0.4, 0.5) is 0 Å². The van der Waals surface area contributed by atoms with Gasteiger partial charge in [-0.25, -0.2) is 0 Å². The number of hydrogen-bond acceptors (Lipinski definition) is 6. The quantitative estimate of drug-likeness (QED) is 0.700. The molecule has 0 atom stereocenters. The van der Waals surface area contributed by atoms with Crippen LogP contribution in [0.5, 0.6) is 0 Å². The van der Waals surface area contributed by atoms with Crippen molar-refractivity contribution in [3.63, 3.8) is 0 Å². The number of hydrogen-bond donors (Lipinski definition) is 1. The molecule has 2 aromatic heterocycles. The van der Waals surface area contributed by atoms with Gasteiger partial charge in [-0.3, -0.25) is 9.59 Å². The number of carbonyl (C=O) groups excluding carboxylic acids is 1. The molecule has 1 saturated heterocycles. The average Bonchev–Trinajstić information content (AvgIpc) is 3.37. The summed E-state index contributed by atoms with van der Waals surface area (Å²) in [7, 11) is 0. The summed E-state index contributed by atoms with van der Waals surface area (Å²) in [6.45, 7) is 1.72. The molecule has 0 radical (unpaired) electrons. The van der Waals surface area contributed by atoms with Gasteiger partial charge < -0.3 is 19.0 Å². The maximum absolute atomic E-state index is 12.6. The fraction of sp³-hybridized carbons (Fsp3) is 0.190. The van der Waals surface area contributed by atoms with E-state index in [0.29, 0.717) is 42.4 Å². The summed E-state index contributed by atoms with van der Waals surface area (Å²) >= 11 is 1.06. The normalized spacial score (nSPS) is 15.8. The van der Waals surface area contributed by atoms with E-state index in [0.717, 1.165) is 16.9 Å². The fourth-order valence-electron chi connectivity index (χ4n) is 2.99. The van der Waals surface area contributed by atoms with Crippen molar-refractivity contribution in [1.82, 2.24) is 9.88 Å². The third kappa shape index (κ3) is 4.06. The van der Waals surface area contributed by atoms with Crippen LogP contribution in [0.1, 0.15) is 5.76 Å². The van der Waals surface area contributed by atoms with Crippen LogP contribution in [0.15, 0.2) is 51.7 Å². The molecule has 29 heavy (non-hydrogen) atoms. The average molecular weight is 407 g/mol. The minimum Gasteiger partial charge on any atom is -0.457 e. The molecule has 1 fully saturated rings. The van der Waals surface area contributed by atoms with Gasteiger partial charge in [0.1, 0.15) is 22.3 Å². The summed E-state index contributed by atoms with van der Waals surface area (Å²) in [6.07, 6.45) is 1.60. The topological polar surface area (TPSA) is 99.3 Å². The van der Waals surface area contributed by atoms with Crippen LogP contribution in [0, 0.1) is 11.3 Å². The number of amides is 1. The van der Waals surface area contributed by atoms with Gasteiger partial charge in [0.2, 0.25) is 0 Å². The standard InChI is InChI=1S/C21H17N3O4S/c22-13-16(21(26)24-8-10-27-11-9-24)20-23-19(25)18(29-20)12-15-6-7-17(28-15)14-4-2-1-3-5-14/h1-7,12H,8-11H2,(H,23,25). The van der Waals surface area contributed by atoms with Crippen molar-refractivity contribution in [1.29, 1.82) is 5.26 Å². The van der Waals surface area contributed by atoms with E-state index >= 15 is 0 Å². The zero-order valence-electron chi connectivity index (χ0n) is 15.4. The van der Waals surface area contributed by atoms with Crippen molar-refractivity contribution >= 4 is 28.9 Å². The molecular formula is C21H17N3O4S. The van der Waals surface area contributed by atoms with Crippen molar-refractivity contribution in [3.05, 3.63) is 67.8 Å². The Morgan fingerprint density at radius 1 is 1.17 bits per heavy atom. The van der Waals surface area contributed by atoms with E-state index in [4.69, 9.17) is 9.15 Å². The van der Waals surface area contributed by atoms with Gasteiger partial charge in [0.15, 0.2) is 5.57 Å². The number of ether oxygens (including phenoxy) is 1. The second-order valence-electron chi connectivity index (χ2n) is 6.35. The Morgan fingerprint density at radius 3 is 2.66 bits per heavy atom. The number of H-pyrrole nitrogens is 1. The van der Waals surface area contributed by atoms with Crippen LogP contribution in [-0.2, 0) is 9.53 Å². The van der Waals surface area contributed by atoms with Gasteiger partial charge in [-0.05, 0) is 12.1 Å². The lowest BCUT2D eigenvalue weighted by atomic mass is 10.2.